The van der Waals surface area contributed by atoms with Crippen LogP contribution in [-0.4, -0.2) is 37.2 Å². The molecule has 0 spiro atoms. The predicted octanol–water partition coefficient (Wildman–Crippen LogP) is 0.635. The predicted molar refractivity (Wildman–Crippen MR) is 75.0 cm³/mol. The van der Waals surface area contributed by atoms with Crippen molar-refractivity contribution >= 4 is 15.9 Å². The van der Waals surface area contributed by atoms with Gasteiger partial charge in [-0.05, 0) is 50.9 Å². The molecule has 2 N–H and O–H groups in total. The first-order valence-electron chi connectivity index (χ1n) is 7.01. The van der Waals surface area contributed by atoms with E-state index in [2.05, 4.69) is 10.0 Å². The van der Waals surface area contributed by atoms with Gasteiger partial charge in [0.15, 0.2) is 0 Å². The summed E-state index contributed by atoms with van der Waals surface area (Å²) in [5, 5.41) is 2.90. The lowest BCUT2D eigenvalue weighted by atomic mass is 10.1. The van der Waals surface area contributed by atoms with Crippen LogP contribution in [-0.2, 0) is 10.0 Å². The number of rotatable bonds is 4. The standard InChI is InChI=1S/C13H19N3O3S/c17-13(15-20(18,19)11-3-4-11)12-2-1-9-16(12)10-5-7-14-8-6-10/h1-2,9-11,14H,3-8H2,(H,15,17). The summed E-state index contributed by atoms with van der Waals surface area (Å²) in [4.78, 5) is 12.2. The van der Waals surface area contributed by atoms with Crippen molar-refractivity contribution in [3.8, 4) is 0 Å². The first kappa shape index (κ1) is 13.6. The Morgan fingerprint density at radius 3 is 2.60 bits per heavy atom. The van der Waals surface area contributed by atoms with E-state index >= 15 is 0 Å². The van der Waals surface area contributed by atoms with E-state index in [1.54, 1.807) is 12.1 Å². The van der Waals surface area contributed by atoms with Gasteiger partial charge in [0.25, 0.3) is 5.91 Å². The van der Waals surface area contributed by atoms with E-state index < -0.39 is 15.9 Å². The summed E-state index contributed by atoms with van der Waals surface area (Å²) in [5.41, 5.74) is 0.432. The van der Waals surface area contributed by atoms with Gasteiger partial charge in [0, 0.05) is 12.2 Å². The minimum atomic E-state index is -3.49. The van der Waals surface area contributed by atoms with Crippen LogP contribution in [0.1, 0.15) is 42.2 Å². The molecular weight excluding hydrogens is 278 g/mol. The largest absolute Gasteiger partial charge is 0.340 e. The Kier molecular flexibility index (Phi) is 3.55. The van der Waals surface area contributed by atoms with Gasteiger partial charge in [-0.25, -0.2) is 13.1 Å². The number of sulfonamides is 1. The molecule has 1 aromatic rings. The van der Waals surface area contributed by atoms with Crippen LogP contribution >= 0.6 is 0 Å². The normalized spacial score (nSPS) is 20.8. The third kappa shape index (κ3) is 2.73. The average molecular weight is 297 g/mol. The molecule has 1 aromatic heterocycles. The van der Waals surface area contributed by atoms with E-state index in [4.69, 9.17) is 0 Å². The molecule has 0 bridgehead atoms. The zero-order valence-electron chi connectivity index (χ0n) is 11.2. The van der Waals surface area contributed by atoms with Gasteiger partial charge in [-0.2, -0.15) is 0 Å². The molecule has 1 aliphatic carbocycles. The molecule has 1 aliphatic heterocycles. The molecule has 1 amide bonds. The molecule has 0 atom stereocenters. The highest BCUT2D eigenvalue weighted by Crippen LogP contribution is 2.28. The molecule has 20 heavy (non-hydrogen) atoms. The molecule has 1 saturated carbocycles. The van der Waals surface area contributed by atoms with E-state index in [1.165, 1.54) is 0 Å². The van der Waals surface area contributed by atoms with Crippen molar-refractivity contribution in [2.24, 2.45) is 0 Å². The van der Waals surface area contributed by atoms with Crippen LogP contribution in [0.2, 0.25) is 0 Å². The third-order valence-corrected chi connectivity index (χ3v) is 5.73. The smallest absolute Gasteiger partial charge is 0.281 e. The van der Waals surface area contributed by atoms with E-state index in [9.17, 15) is 13.2 Å². The number of amides is 1. The summed E-state index contributed by atoms with van der Waals surface area (Å²) in [7, 11) is -3.49. The van der Waals surface area contributed by atoms with Crippen LogP contribution in [0, 0.1) is 0 Å². The Hall–Kier alpha value is -1.34. The SMILES string of the molecule is O=C(NS(=O)(=O)C1CC1)c1cccn1C1CCNCC1. The lowest BCUT2D eigenvalue weighted by Gasteiger charge is -2.25. The fourth-order valence-electron chi connectivity index (χ4n) is 2.63. The number of aromatic nitrogens is 1. The highest BCUT2D eigenvalue weighted by molar-refractivity contribution is 7.91. The number of carbonyl (C=O) groups excluding carboxylic acids is 1. The van der Waals surface area contributed by atoms with Gasteiger partial charge in [0.2, 0.25) is 10.0 Å². The van der Waals surface area contributed by atoms with Crippen LogP contribution in [0.15, 0.2) is 18.3 Å². The first-order chi connectivity index (χ1) is 9.58. The summed E-state index contributed by atoms with van der Waals surface area (Å²) in [6.07, 6.45) is 5.05. The van der Waals surface area contributed by atoms with Gasteiger partial charge in [-0.1, -0.05) is 0 Å². The Morgan fingerprint density at radius 2 is 1.95 bits per heavy atom. The molecule has 3 rings (SSSR count). The molecule has 0 aromatic carbocycles. The number of carbonyl (C=O) groups is 1. The Balaban J connectivity index is 1.76. The number of nitrogens with one attached hydrogen (secondary N) is 2. The van der Waals surface area contributed by atoms with E-state index in [0.717, 1.165) is 25.9 Å². The number of nitrogens with zero attached hydrogens (tertiary/aromatic N) is 1. The molecule has 110 valence electrons. The maximum Gasteiger partial charge on any atom is 0.281 e. The number of hydrogen-bond acceptors (Lipinski definition) is 4. The summed E-state index contributed by atoms with van der Waals surface area (Å²) >= 11 is 0. The van der Waals surface area contributed by atoms with Crippen LogP contribution < -0.4 is 10.0 Å². The molecule has 2 aliphatic rings. The van der Waals surface area contributed by atoms with Gasteiger partial charge >= 0.3 is 0 Å². The number of hydrogen-bond donors (Lipinski definition) is 2. The van der Waals surface area contributed by atoms with Gasteiger partial charge in [0.1, 0.15) is 5.69 Å². The molecular formula is C13H19N3O3S. The van der Waals surface area contributed by atoms with Crippen LogP contribution in [0.5, 0.6) is 0 Å². The van der Waals surface area contributed by atoms with Crippen molar-refractivity contribution in [1.29, 1.82) is 0 Å². The lowest BCUT2D eigenvalue weighted by Crippen LogP contribution is -2.36. The maximum atomic E-state index is 12.2. The minimum absolute atomic E-state index is 0.260. The van der Waals surface area contributed by atoms with E-state index in [-0.39, 0.29) is 11.3 Å². The van der Waals surface area contributed by atoms with Crippen LogP contribution in [0.3, 0.4) is 0 Å². The molecule has 6 nitrogen and oxygen atoms in total. The maximum absolute atomic E-state index is 12.2. The van der Waals surface area contributed by atoms with Crippen LogP contribution in [0.4, 0.5) is 0 Å². The van der Waals surface area contributed by atoms with Crippen molar-refractivity contribution in [2.45, 2.75) is 37.0 Å². The van der Waals surface area contributed by atoms with Crippen molar-refractivity contribution in [3.05, 3.63) is 24.0 Å². The Morgan fingerprint density at radius 1 is 1.25 bits per heavy atom. The van der Waals surface area contributed by atoms with E-state index in [1.807, 2.05) is 10.8 Å². The second-order valence-corrected chi connectivity index (χ2v) is 7.42. The second-order valence-electron chi connectivity index (χ2n) is 5.46. The Bertz CT molecular complexity index is 598. The molecule has 1 saturated heterocycles. The fraction of sp³-hybridized carbons (Fsp3) is 0.615. The Labute approximate surface area is 118 Å². The summed E-state index contributed by atoms with van der Waals surface area (Å²) in [6.45, 7) is 1.84. The summed E-state index contributed by atoms with van der Waals surface area (Å²) in [6, 6.07) is 3.73. The fourth-order valence-corrected chi connectivity index (χ4v) is 3.92. The first-order valence-corrected chi connectivity index (χ1v) is 8.56. The zero-order chi connectivity index (χ0) is 14.2. The second kappa shape index (κ2) is 5.21. The highest BCUT2D eigenvalue weighted by atomic mass is 32.2. The summed E-state index contributed by atoms with van der Waals surface area (Å²) in [5.74, 6) is -0.513. The van der Waals surface area contributed by atoms with Crippen molar-refractivity contribution in [3.63, 3.8) is 0 Å². The molecule has 0 unspecified atom stereocenters. The summed E-state index contributed by atoms with van der Waals surface area (Å²) < 4.78 is 27.8. The van der Waals surface area contributed by atoms with Gasteiger partial charge in [-0.3, -0.25) is 4.79 Å². The van der Waals surface area contributed by atoms with Crippen molar-refractivity contribution < 1.29 is 13.2 Å². The van der Waals surface area contributed by atoms with Crippen molar-refractivity contribution in [1.82, 2.24) is 14.6 Å². The lowest BCUT2D eigenvalue weighted by molar-refractivity contribution is 0.0969. The van der Waals surface area contributed by atoms with Gasteiger partial charge in [0.05, 0.1) is 5.25 Å². The minimum Gasteiger partial charge on any atom is -0.340 e. The highest BCUT2D eigenvalue weighted by Gasteiger charge is 2.37. The molecule has 7 heteroatoms. The number of piperidine rings is 1. The molecule has 2 heterocycles. The quantitative estimate of drug-likeness (QED) is 0.854. The van der Waals surface area contributed by atoms with Gasteiger partial charge in [-0.15, -0.1) is 0 Å². The van der Waals surface area contributed by atoms with Crippen molar-refractivity contribution in [2.75, 3.05) is 13.1 Å². The molecule has 0 radical (unpaired) electrons. The topological polar surface area (TPSA) is 80.2 Å². The monoisotopic (exact) mass is 297 g/mol. The van der Waals surface area contributed by atoms with E-state index in [0.29, 0.717) is 18.5 Å². The third-order valence-electron chi connectivity index (χ3n) is 3.91. The van der Waals surface area contributed by atoms with Crippen LogP contribution in [0.25, 0.3) is 0 Å². The molecule has 2 fully saturated rings. The van der Waals surface area contributed by atoms with Gasteiger partial charge < -0.3 is 9.88 Å². The zero-order valence-corrected chi connectivity index (χ0v) is 12.0. The average Bonchev–Trinajstić information content (AvgIpc) is 3.18.